The molecule has 0 saturated heterocycles. The van der Waals surface area contributed by atoms with Gasteiger partial charge in [-0.05, 0) is 95.3 Å². The van der Waals surface area contributed by atoms with Gasteiger partial charge in [0.1, 0.15) is 0 Å². The van der Waals surface area contributed by atoms with Gasteiger partial charge in [-0.2, -0.15) is 0 Å². The number of nitrogens with zero attached hydrogens (tertiary/aromatic N) is 2. The van der Waals surface area contributed by atoms with E-state index in [1.165, 1.54) is 19.3 Å². The highest BCUT2D eigenvalue weighted by atomic mass is 16.3. The summed E-state index contributed by atoms with van der Waals surface area (Å²) in [4.78, 5) is 42.5. The number of hydrogen-bond acceptors (Lipinski definition) is 6. The Bertz CT molecular complexity index is 981. The third kappa shape index (κ3) is 13.3. The summed E-state index contributed by atoms with van der Waals surface area (Å²) in [6.07, 6.45) is 20.0. The molecule has 0 bridgehead atoms. The van der Waals surface area contributed by atoms with E-state index in [-0.39, 0.29) is 48.1 Å². The molecule has 3 aliphatic carbocycles. The SMILES string of the molecule is C#CC1CC(C(=O)NC(CC2CCC(O)CC2)C(O)CN(CCCC)NC(=O)CC2CCCCC2)CC(C(=O)N(CCC)CCC)C1. The van der Waals surface area contributed by atoms with Crippen LogP contribution in [0.3, 0.4) is 0 Å². The maximum atomic E-state index is 14.0. The lowest BCUT2D eigenvalue weighted by Gasteiger charge is -2.37. The zero-order chi connectivity index (χ0) is 34.2. The summed E-state index contributed by atoms with van der Waals surface area (Å²) in [5, 5.41) is 26.9. The Hall–Kier alpha value is -2.15. The second-order valence-electron chi connectivity index (χ2n) is 14.9. The minimum Gasteiger partial charge on any atom is -0.393 e. The molecule has 3 fully saturated rings. The van der Waals surface area contributed by atoms with E-state index >= 15 is 0 Å². The van der Waals surface area contributed by atoms with Crippen LogP contribution in [0.15, 0.2) is 0 Å². The Morgan fingerprint density at radius 2 is 1.51 bits per heavy atom. The maximum absolute atomic E-state index is 14.0. The van der Waals surface area contributed by atoms with E-state index in [0.717, 1.165) is 64.2 Å². The molecule has 268 valence electrons. The molecule has 47 heavy (non-hydrogen) atoms. The number of terminal acetylenes is 1. The highest BCUT2D eigenvalue weighted by Gasteiger charge is 2.39. The number of amides is 3. The first-order chi connectivity index (χ1) is 22.7. The van der Waals surface area contributed by atoms with Crippen molar-refractivity contribution in [1.29, 1.82) is 0 Å². The lowest BCUT2D eigenvalue weighted by atomic mass is 9.74. The molecule has 0 radical (unpaired) electrons. The van der Waals surface area contributed by atoms with Crippen molar-refractivity contribution < 1.29 is 24.6 Å². The highest BCUT2D eigenvalue weighted by molar-refractivity contribution is 5.83. The van der Waals surface area contributed by atoms with Crippen LogP contribution in [0.25, 0.3) is 0 Å². The van der Waals surface area contributed by atoms with Gasteiger partial charge in [0, 0.05) is 50.4 Å². The van der Waals surface area contributed by atoms with Crippen molar-refractivity contribution in [2.45, 2.75) is 155 Å². The van der Waals surface area contributed by atoms with Crippen molar-refractivity contribution >= 4 is 17.7 Å². The monoisotopic (exact) mass is 659 g/mol. The van der Waals surface area contributed by atoms with Gasteiger partial charge in [-0.25, -0.2) is 5.01 Å². The summed E-state index contributed by atoms with van der Waals surface area (Å²) in [6.45, 7) is 8.51. The van der Waals surface area contributed by atoms with Crippen molar-refractivity contribution in [2.75, 3.05) is 26.2 Å². The van der Waals surface area contributed by atoms with Gasteiger partial charge in [0.25, 0.3) is 0 Å². The molecule has 0 aromatic rings. The lowest BCUT2D eigenvalue weighted by molar-refractivity contribution is -0.139. The molecule has 5 atom stereocenters. The third-order valence-corrected chi connectivity index (χ3v) is 10.8. The Morgan fingerprint density at radius 3 is 2.13 bits per heavy atom. The molecular weight excluding hydrogens is 592 g/mol. The highest BCUT2D eigenvalue weighted by Crippen LogP contribution is 2.35. The summed E-state index contributed by atoms with van der Waals surface area (Å²) in [5.74, 6) is 2.65. The predicted octanol–water partition coefficient (Wildman–Crippen LogP) is 5.19. The molecule has 4 N–H and O–H groups in total. The standard InChI is InChI=1S/C38H66N4O5/c1-5-9-21-42(40-36(45)25-29-13-11-10-12-14-29)27-35(44)34(24-30-15-17-33(43)18-16-30)39-37(46)31-22-28(8-4)23-32(26-31)38(47)41(19-6-2)20-7-3/h4,28-35,43-44H,5-7,9-27H2,1-3H3,(H,39,46)(H,40,45). The second kappa shape index (κ2) is 21.0. The zero-order valence-corrected chi connectivity index (χ0v) is 29.8. The summed E-state index contributed by atoms with van der Waals surface area (Å²) >= 11 is 0. The van der Waals surface area contributed by atoms with E-state index < -0.39 is 18.1 Å². The Balaban J connectivity index is 1.72. The van der Waals surface area contributed by atoms with Crippen LogP contribution < -0.4 is 10.7 Å². The molecule has 0 aromatic heterocycles. The van der Waals surface area contributed by atoms with Crippen LogP contribution in [-0.4, -0.2) is 82.3 Å². The van der Waals surface area contributed by atoms with Crippen LogP contribution in [0.2, 0.25) is 0 Å². The Morgan fingerprint density at radius 1 is 0.851 bits per heavy atom. The van der Waals surface area contributed by atoms with Gasteiger partial charge in [-0.1, -0.05) is 46.5 Å². The first kappa shape index (κ1) is 39.3. The van der Waals surface area contributed by atoms with Gasteiger partial charge in [0.2, 0.25) is 17.7 Å². The van der Waals surface area contributed by atoms with Crippen molar-refractivity contribution in [3.63, 3.8) is 0 Å². The van der Waals surface area contributed by atoms with Crippen LogP contribution in [-0.2, 0) is 14.4 Å². The molecule has 0 heterocycles. The molecule has 9 heteroatoms. The zero-order valence-electron chi connectivity index (χ0n) is 29.8. The van der Waals surface area contributed by atoms with E-state index in [2.05, 4.69) is 37.4 Å². The van der Waals surface area contributed by atoms with Crippen LogP contribution in [0.5, 0.6) is 0 Å². The molecule has 3 aliphatic rings. The number of aliphatic hydroxyl groups is 2. The fourth-order valence-corrected chi connectivity index (χ4v) is 8.12. The number of carbonyl (C=O) groups is 3. The molecule has 0 spiro atoms. The number of hydrazine groups is 1. The maximum Gasteiger partial charge on any atom is 0.234 e. The van der Waals surface area contributed by atoms with Crippen LogP contribution in [0.1, 0.15) is 136 Å². The average Bonchev–Trinajstić information content (AvgIpc) is 3.07. The molecule has 3 rings (SSSR count). The van der Waals surface area contributed by atoms with Gasteiger partial charge in [0.15, 0.2) is 0 Å². The third-order valence-electron chi connectivity index (χ3n) is 10.8. The normalized spacial score (nSPS) is 26.6. The number of unbranched alkanes of at least 4 members (excludes halogenated alkanes) is 1. The predicted molar refractivity (Wildman–Crippen MR) is 187 cm³/mol. The smallest absolute Gasteiger partial charge is 0.234 e. The fourth-order valence-electron chi connectivity index (χ4n) is 8.12. The summed E-state index contributed by atoms with van der Waals surface area (Å²) in [5.41, 5.74) is 3.10. The molecule has 3 saturated carbocycles. The number of rotatable bonds is 18. The number of carbonyl (C=O) groups excluding carboxylic acids is 3. The van der Waals surface area contributed by atoms with Crippen molar-refractivity contribution in [3.05, 3.63) is 0 Å². The largest absolute Gasteiger partial charge is 0.393 e. The van der Waals surface area contributed by atoms with Crippen molar-refractivity contribution in [1.82, 2.24) is 20.7 Å². The van der Waals surface area contributed by atoms with Gasteiger partial charge >= 0.3 is 0 Å². The minimum atomic E-state index is -0.897. The first-order valence-corrected chi connectivity index (χ1v) is 19.1. The summed E-state index contributed by atoms with van der Waals surface area (Å²) < 4.78 is 0. The molecule has 0 aliphatic heterocycles. The van der Waals surface area contributed by atoms with E-state index in [4.69, 9.17) is 6.42 Å². The summed E-state index contributed by atoms with van der Waals surface area (Å²) in [6, 6.07) is -0.515. The first-order valence-electron chi connectivity index (χ1n) is 19.1. The Kier molecular flexibility index (Phi) is 17.6. The van der Waals surface area contributed by atoms with Gasteiger partial charge in [0.05, 0.1) is 18.2 Å². The number of hydrogen-bond donors (Lipinski definition) is 4. The van der Waals surface area contributed by atoms with Gasteiger partial charge in [-0.15, -0.1) is 12.3 Å². The Labute approximate surface area is 285 Å². The van der Waals surface area contributed by atoms with Crippen LogP contribution in [0.4, 0.5) is 0 Å². The second-order valence-corrected chi connectivity index (χ2v) is 14.9. The van der Waals surface area contributed by atoms with Crippen LogP contribution in [0, 0.1) is 41.9 Å². The lowest BCUT2D eigenvalue weighted by Crippen LogP contribution is -2.54. The van der Waals surface area contributed by atoms with Crippen molar-refractivity contribution in [3.8, 4) is 12.3 Å². The molecular formula is C38H66N4O5. The van der Waals surface area contributed by atoms with Crippen molar-refractivity contribution in [2.24, 2.45) is 29.6 Å². The van der Waals surface area contributed by atoms with Crippen LogP contribution >= 0.6 is 0 Å². The van der Waals surface area contributed by atoms with E-state index in [1.54, 1.807) is 0 Å². The quantitative estimate of drug-likeness (QED) is 0.119. The van der Waals surface area contributed by atoms with E-state index in [9.17, 15) is 24.6 Å². The molecule has 0 aromatic carbocycles. The summed E-state index contributed by atoms with van der Waals surface area (Å²) in [7, 11) is 0. The molecule has 9 nitrogen and oxygen atoms in total. The number of nitrogens with one attached hydrogen (secondary N) is 2. The number of aliphatic hydroxyl groups excluding tert-OH is 2. The average molecular weight is 659 g/mol. The molecule has 5 unspecified atom stereocenters. The minimum absolute atomic E-state index is 0.000451. The topological polar surface area (TPSA) is 122 Å². The molecule has 3 amide bonds. The fraction of sp³-hybridized carbons (Fsp3) is 0.868. The van der Waals surface area contributed by atoms with E-state index in [1.807, 2.05) is 9.91 Å². The van der Waals surface area contributed by atoms with Gasteiger partial charge < -0.3 is 20.4 Å². The van der Waals surface area contributed by atoms with E-state index in [0.29, 0.717) is 57.7 Å². The van der Waals surface area contributed by atoms with Gasteiger partial charge in [-0.3, -0.25) is 19.8 Å².